The lowest BCUT2D eigenvalue weighted by molar-refractivity contribution is -0.140. The van der Waals surface area contributed by atoms with Crippen LogP contribution in [0.5, 0.6) is 0 Å². The molecule has 366 valence electrons. The summed E-state index contributed by atoms with van der Waals surface area (Å²) in [5.74, 6) is -4.44. The maximum absolute atomic E-state index is 14.4. The van der Waals surface area contributed by atoms with E-state index in [4.69, 9.17) is 0 Å². The van der Waals surface area contributed by atoms with Gasteiger partial charge in [0.15, 0.2) is 9.84 Å². The predicted molar refractivity (Wildman–Crippen MR) is 258 cm³/mol. The third kappa shape index (κ3) is 15.2. The summed E-state index contributed by atoms with van der Waals surface area (Å²) in [5.41, 5.74) is 1.73. The van der Waals surface area contributed by atoms with Crippen LogP contribution in [0.25, 0.3) is 0 Å². The highest BCUT2D eigenvalue weighted by molar-refractivity contribution is 7.91. The van der Waals surface area contributed by atoms with Crippen LogP contribution in [-0.2, 0) is 35.4 Å². The fourth-order valence-corrected chi connectivity index (χ4v) is 10.3. The van der Waals surface area contributed by atoms with E-state index >= 15 is 0 Å². The number of unbranched alkanes of at least 4 members (excludes halogenated alkanes) is 6. The van der Waals surface area contributed by atoms with Gasteiger partial charge in [-0.05, 0) is 80.7 Å². The van der Waals surface area contributed by atoms with Crippen LogP contribution in [0.3, 0.4) is 0 Å². The van der Waals surface area contributed by atoms with Crippen molar-refractivity contribution in [2.45, 2.75) is 113 Å². The molecule has 0 radical (unpaired) electrons. The van der Waals surface area contributed by atoms with Crippen molar-refractivity contribution < 1.29 is 42.0 Å². The first-order chi connectivity index (χ1) is 33.4. The predicted octanol–water partition coefficient (Wildman–Crippen LogP) is 5.58. The zero-order valence-corrected chi connectivity index (χ0v) is 39.8. The fourth-order valence-electron chi connectivity index (χ4n) is 9.08. The highest BCUT2D eigenvalue weighted by atomic mass is 32.2. The number of nitrogens with one attached hydrogen (secondary N) is 4. The second-order valence-corrected chi connectivity index (χ2v) is 19.9. The second-order valence-electron chi connectivity index (χ2n) is 17.8. The first kappa shape index (κ1) is 51.8. The largest absolute Gasteiger partial charge is 0.351 e. The summed E-state index contributed by atoms with van der Waals surface area (Å²) in [7, 11) is -3.75. The van der Waals surface area contributed by atoms with Crippen LogP contribution in [0.1, 0.15) is 127 Å². The molecule has 16 nitrogen and oxygen atoms in total. The van der Waals surface area contributed by atoms with Gasteiger partial charge < -0.3 is 21.3 Å². The molecule has 3 aromatic carbocycles. The van der Waals surface area contributed by atoms with Gasteiger partial charge in [0.25, 0.3) is 23.6 Å². The number of carbonyl (C=O) groups excluding carboxylic acids is 7. The van der Waals surface area contributed by atoms with E-state index in [1.165, 1.54) is 35.6 Å². The smallest absolute Gasteiger partial charge is 0.289 e. The topological polar surface area (TPSA) is 231 Å². The number of aromatic nitrogens is 2. The molecule has 2 aliphatic rings. The van der Waals surface area contributed by atoms with E-state index in [0.29, 0.717) is 48.9 Å². The number of sulfone groups is 1. The van der Waals surface area contributed by atoms with Crippen LogP contribution in [0.4, 0.5) is 0 Å². The first-order valence-corrected chi connectivity index (χ1v) is 25.8. The number of nitrogens with zero attached hydrogens (tertiary/aromatic N) is 3. The minimum absolute atomic E-state index is 0.0380. The van der Waals surface area contributed by atoms with Crippen molar-refractivity contribution in [3.8, 4) is 0 Å². The Labute approximate surface area is 404 Å². The maximum atomic E-state index is 14.4. The summed E-state index contributed by atoms with van der Waals surface area (Å²) >= 11 is 0. The van der Waals surface area contributed by atoms with E-state index in [9.17, 15) is 42.0 Å². The molecule has 0 saturated heterocycles. The highest BCUT2D eigenvalue weighted by Crippen LogP contribution is 2.35. The van der Waals surface area contributed by atoms with Crippen molar-refractivity contribution in [3.63, 3.8) is 0 Å². The Morgan fingerprint density at radius 3 is 1.93 bits per heavy atom. The number of carbonyl (C=O) groups is 7. The quantitative estimate of drug-likeness (QED) is 0.0312. The lowest BCUT2D eigenvalue weighted by atomic mass is 9.85. The van der Waals surface area contributed by atoms with E-state index in [-0.39, 0.29) is 66.1 Å². The van der Waals surface area contributed by atoms with E-state index in [0.717, 1.165) is 57.8 Å². The third-order valence-corrected chi connectivity index (χ3v) is 14.6. The van der Waals surface area contributed by atoms with Crippen LogP contribution < -0.4 is 21.3 Å². The molecule has 1 saturated carbocycles. The Kier molecular flexibility index (Phi) is 19.7. The molecule has 4 N–H and O–H groups in total. The summed E-state index contributed by atoms with van der Waals surface area (Å²) in [5, 5.41) is 11.0. The van der Waals surface area contributed by atoms with Gasteiger partial charge in [-0.2, -0.15) is 0 Å². The zero-order valence-electron chi connectivity index (χ0n) is 39.0. The Morgan fingerprint density at radius 1 is 0.652 bits per heavy atom. The number of rotatable bonds is 28. The van der Waals surface area contributed by atoms with Crippen LogP contribution >= 0.6 is 0 Å². The van der Waals surface area contributed by atoms with Gasteiger partial charge >= 0.3 is 0 Å². The second kappa shape index (κ2) is 26.2. The normalized spacial score (nSPS) is 14.9. The molecule has 6 rings (SSSR count). The fraction of sp³-hybridized carbons (Fsp3) is 0.442. The number of imide groups is 1. The molecule has 1 aromatic heterocycles. The van der Waals surface area contributed by atoms with Crippen molar-refractivity contribution in [2.75, 3.05) is 25.4 Å². The molecule has 0 unspecified atom stereocenters. The number of ketones is 1. The molecule has 0 spiro atoms. The van der Waals surface area contributed by atoms with Gasteiger partial charge in [0.2, 0.25) is 17.6 Å². The van der Waals surface area contributed by atoms with E-state index in [1.54, 1.807) is 72.8 Å². The number of hydrogen-bond acceptors (Lipinski definition) is 11. The van der Waals surface area contributed by atoms with E-state index in [2.05, 4.69) is 31.2 Å². The summed E-state index contributed by atoms with van der Waals surface area (Å²) in [6.07, 6.45) is 14.8. The van der Waals surface area contributed by atoms with Gasteiger partial charge in [0.1, 0.15) is 17.8 Å². The van der Waals surface area contributed by atoms with Crippen molar-refractivity contribution in [1.82, 2.24) is 36.1 Å². The Bertz CT molecular complexity index is 2450. The van der Waals surface area contributed by atoms with E-state index < -0.39 is 51.2 Å². The Balaban J connectivity index is 1.07. The van der Waals surface area contributed by atoms with Gasteiger partial charge in [-0.1, -0.05) is 106 Å². The molecule has 2 heterocycles. The summed E-state index contributed by atoms with van der Waals surface area (Å²) < 4.78 is 25.7. The van der Waals surface area contributed by atoms with Crippen molar-refractivity contribution >= 4 is 51.1 Å². The van der Waals surface area contributed by atoms with Crippen LogP contribution in [0.2, 0.25) is 0 Å². The molecule has 69 heavy (non-hydrogen) atoms. The molecule has 1 aliphatic carbocycles. The molecule has 4 aromatic rings. The SMILES string of the molecule is O=C(NCCS(=O)(=O)c1ccccc1)C(=O)[C@H](Cc1ccccc1)NC(=O)[C@H](CCCCNC(=O)c1cnccn1)NC(=O)[C@@H](CCCCCCCCN1C(=O)c2ccccc2C1=O)C1CCCC1. The number of fused-ring (bicyclic) bond motifs is 1. The molecule has 3 atom stereocenters. The highest BCUT2D eigenvalue weighted by Gasteiger charge is 2.36. The van der Waals surface area contributed by atoms with Gasteiger partial charge in [-0.3, -0.25) is 43.4 Å². The van der Waals surface area contributed by atoms with Gasteiger partial charge in [-0.15, -0.1) is 0 Å². The number of Topliss-reactive ketones (excluding diaryl/α,β-unsaturated/α-hetero) is 1. The lowest BCUT2D eigenvalue weighted by Crippen LogP contribution is -2.55. The average molecular weight is 962 g/mol. The van der Waals surface area contributed by atoms with Crippen LogP contribution in [-0.4, -0.2) is 102 Å². The van der Waals surface area contributed by atoms with Crippen LogP contribution in [0, 0.1) is 11.8 Å². The lowest BCUT2D eigenvalue weighted by Gasteiger charge is -2.27. The monoisotopic (exact) mass is 961 g/mol. The number of hydrogen-bond donors (Lipinski definition) is 4. The van der Waals surface area contributed by atoms with Crippen LogP contribution in [0.15, 0.2) is 108 Å². The molecule has 1 fully saturated rings. The standard InChI is InChI=1S/C52H63N7O9S/c60-46(50(64)56-32-34-69(67,68)39-23-9-6-10-24-39)44(35-37-19-7-5-8-20-37)58-49(63)43(28-16-17-29-55-48(62)45-36-53-30-31-54-45)57-47(61)40(38-21-12-13-22-38)25-11-3-1-2-4-18-33-59-51(65)41-26-14-15-27-42(41)52(59)66/h5-10,14-15,19-20,23-24,26-27,30-31,36,38,40,43-44H,1-4,11-13,16-18,21-22,25,28-29,32-35H2,(H,55,62)(H,56,64)(H,57,61)(H,58,63)/t40-,43-,44-/m0/s1. The van der Waals surface area contributed by atoms with Crippen molar-refractivity contribution in [1.29, 1.82) is 0 Å². The zero-order chi connectivity index (χ0) is 49.0. The Morgan fingerprint density at radius 2 is 1.26 bits per heavy atom. The minimum atomic E-state index is -3.75. The van der Waals surface area contributed by atoms with Gasteiger partial charge in [0, 0.05) is 44.4 Å². The molecule has 6 amide bonds. The minimum Gasteiger partial charge on any atom is -0.351 e. The van der Waals surface area contributed by atoms with Crippen molar-refractivity contribution in [3.05, 3.63) is 126 Å². The first-order valence-electron chi connectivity index (χ1n) is 24.2. The summed E-state index contributed by atoms with van der Waals surface area (Å²) in [6.45, 7) is 0.306. The maximum Gasteiger partial charge on any atom is 0.289 e. The third-order valence-electron chi connectivity index (χ3n) is 12.9. The van der Waals surface area contributed by atoms with Gasteiger partial charge in [-0.25, -0.2) is 13.4 Å². The number of benzene rings is 3. The summed E-state index contributed by atoms with van der Waals surface area (Å²) in [6, 6.07) is 21.1. The Hall–Kier alpha value is -6.62. The molecular formula is C52H63N7O9S. The van der Waals surface area contributed by atoms with Crippen molar-refractivity contribution in [2.24, 2.45) is 11.8 Å². The molecule has 17 heteroatoms. The average Bonchev–Trinajstić information content (AvgIpc) is 3.99. The van der Waals surface area contributed by atoms with E-state index in [1.807, 2.05) is 0 Å². The molecular weight excluding hydrogens is 899 g/mol. The summed E-state index contributed by atoms with van der Waals surface area (Å²) in [4.78, 5) is 103. The molecule has 0 bridgehead atoms. The van der Waals surface area contributed by atoms with Gasteiger partial charge in [0.05, 0.1) is 28.0 Å². The number of amides is 6. The molecule has 1 aliphatic heterocycles.